The maximum Gasteiger partial charge on any atom is 0.255 e. The van der Waals surface area contributed by atoms with E-state index in [2.05, 4.69) is 0 Å². The lowest BCUT2D eigenvalue weighted by atomic mass is 9.89. The molecule has 140 valence electrons. The van der Waals surface area contributed by atoms with Gasteiger partial charge in [0.25, 0.3) is 5.91 Å². The summed E-state index contributed by atoms with van der Waals surface area (Å²) in [4.78, 5) is 34.1. The van der Waals surface area contributed by atoms with Crippen molar-refractivity contribution in [2.75, 3.05) is 26.2 Å². The molecule has 1 saturated carbocycles. The number of likely N-dealkylation sites (tertiary alicyclic amines) is 2. The summed E-state index contributed by atoms with van der Waals surface area (Å²) >= 11 is 0. The van der Waals surface area contributed by atoms with Crippen LogP contribution < -0.4 is 0 Å². The molecule has 2 amide bonds. The predicted molar refractivity (Wildman–Crippen MR) is 100 cm³/mol. The van der Waals surface area contributed by atoms with Gasteiger partial charge in [-0.3, -0.25) is 14.6 Å². The van der Waals surface area contributed by atoms with Gasteiger partial charge in [-0.05, 0) is 64.0 Å². The summed E-state index contributed by atoms with van der Waals surface area (Å²) < 4.78 is 0. The van der Waals surface area contributed by atoms with Gasteiger partial charge in [-0.15, -0.1) is 0 Å². The highest BCUT2D eigenvalue weighted by molar-refractivity contribution is 5.95. The lowest BCUT2D eigenvalue weighted by Gasteiger charge is -2.33. The average molecular weight is 355 g/mol. The zero-order valence-corrected chi connectivity index (χ0v) is 15.7. The molecule has 0 bridgehead atoms. The van der Waals surface area contributed by atoms with Gasteiger partial charge in [0.1, 0.15) is 0 Å². The minimum atomic E-state index is 0.142. The molecule has 0 unspecified atom stereocenters. The van der Waals surface area contributed by atoms with E-state index < -0.39 is 0 Å². The standard InChI is InChI=1S/C21H29N3O2/c1-15-5-8-18(21(26)23-11-3-2-4-12-23)19(22-15)16-9-13-24(14-10-16)20(25)17-6-7-17/h5,8,16-17H,2-4,6-7,9-14H2,1H3. The fraction of sp³-hybridized carbons (Fsp3) is 0.667. The summed E-state index contributed by atoms with van der Waals surface area (Å²) in [5, 5.41) is 0. The van der Waals surface area contributed by atoms with Gasteiger partial charge >= 0.3 is 0 Å². The number of hydrogen-bond acceptors (Lipinski definition) is 3. The highest BCUT2D eigenvalue weighted by Crippen LogP contribution is 2.35. The third-order valence-electron chi connectivity index (χ3n) is 6.06. The van der Waals surface area contributed by atoms with Crippen LogP contribution in [0.5, 0.6) is 0 Å². The summed E-state index contributed by atoms with van der Waals surface area (Å²) in [5.74, 6) is 1.05. The molecule has 5 nitrogen and oxygen atoms in total. The number of pyridine rings is 1. The number of piperidine rings is 2. The summed E-state index contributed by atoms with van der Waals surface area (Å²) in [5.41, 5.74) is 2.70. The van der Waals surface area contributed by atoms with E-state index >= 15 is 0 Å². The summed E-state index contributed by atoms with van der Waals surface area (Å²) in [6.45, 7) is 5.31. The molecule has 0 spiro atoms. The fourth-order valence-corrected chi connectivity index (χ4v) is 4.30. The number of carbonyl (C=O) groups is 2. The Morgan fingerprint density at radius 2 is 1.62 bits per heavy atom. The molecular weight excluding hydrogens is 326 g/mol. The number of aromatic nitrogens is 1. The van der Waals surface area contributed by atoms with Crippen molar-refractivity contribution < 1.29 is 9.59 Å². The molecule has 0 radical (unpaired) electrons. The molecule has 26 heavy (non-hydrogen) atoms. The molecule has 4 rings (SSSR count). The molecule has 2 aliphatic heterocycles. The molecule has 0 atom stereocenters. The normalized spacial score (nSPS) is 21.7. The zero-order valence-electron chi connectivity index (χ0n) is 15.7. The highest BCUT2D eigenvalue weighted by atomic mass is 16.2. The van der Waals surface area contributed by atoms with Crippen LogP contribution in [0.1, 0.15) is 72.6 Å². The quantitative estimate of drug-likeness (QED) is 0.837. The number of aryl methyl sites for hydroxylation is 1. The maximum absolute atomic E-state index is 13.1. The molecule has 3 aliphatic rings. The van der Waals surface area contributed by atoms with Crippen LogP contribution in [-0.4, -0.2) is 52.8 Å². The number of hydrogen-bond donors (Lipinski definition) is 0. The number of carbonyl (C=O) groups excluding carboxylic acids is 2. The third-order valence-corrected chi connectivity index (χ3v) is 6.06. The minimum Gasteiger partial charge on any atom is -0.342 e. The van der Waals surface area contributed by atoms with E-state index in [1.807, 2.05) is 28.9 Å². The third kappa shape index (κ3) is 3.62. The maximum atomic E-state index is 13.1. The van der Waals surface area contributed by atoms with Crippen molar-refractivity contribution in [2.45, 2.75) is 57.8 Å². The van der Waals surface area contributed by atoms with Crippen LogP contribution in [0.15, 0.2) is 12.1 Å². The second-order valence-corrected chi connectivity index (χ2v) is 8.11. The van der Waals surface area contributed by atoms with Crippen molar-refractivity contribution in [3.63, 3.8) is 0 Å². The summed E-state index contributed by atoms with van der Waals surface area (Å²) in [6.07, 6.45) is 7.37. The SMILES string of the molecule is Cc1ccc(C(=O)N2CCCCC2)c(C2CCN(C(=O)C3CC3)CC2)n1. The molecule has 2 saturated heterocycles. The Hall–Kier alpha value is -1.91. The van der Waals surface area contributed by atoms with Gasteiger partial charge < -0.3 is 9.80 Å². The molecule has 1 aromatic heterocycles. The van der Waals surface area contributed by atoms with Crippen molar-refractivity contribution in [3.8, 4) is 0 Å². The second-order valence-electron chi connectivity index (χ2n) is 8.11. The lowest BCUT2D eigenvalue weighted by Crippen LogP contribution is -2.40. The first-order chi connectivity index (χ1) is 12.6. The Kier molecular flexibility index (Phi) is 4.96. The molecule has 1 aromatic rings. The summed E-state index contributed by atoms with van der Waals surface area (Å²) in [7, 11) is 0. The van der Waals surface area contributed by atoms with Gasteiger partial charge in [0.15, 0.2) is 0 Å². The Morgan fingerprint density at radius 1 is 0.923 bits per heavy atom. The number of rotatable bonds is 3. The minimum absolute atomic E-state index is 0.142. The monoisotopic (exact) mass is 355 g/mol. The van der Waals surface area contributed by atoms with Crippen LogP contribution >= 0.6 is 0 Å². The Labute approximate surface area is 155 Å². The van der Waals surface area contributed by atoms with Crippen LogP contribution in [0.2, 0.25) is 0 Å². The van der Waals surface area contributed by atoms with E-state index in [0.717, 1.165) is 81.7 Å². The lowest BCUT2D eigenvalue weighted by molar-refractivity contribution is -0.133. The molecule has 1 aliphatic carbocycles. The molecule has 5 heteroatoms. The van der Waals surface area contributed by atoms with Crippen molar-refractivity contribution in [1.29, 1.82) is 0 Å². The van der Waals surface area contributed by atoms with Gasteiger partial charge in [-0.1, -0.05) is 0 Å². The Bertz CT molecular complexity index is 684. The van der Waals surface area contributed by atoms with Gasteiger partial charge in [0, 0.05) is 43.7 Å². The fourth-order valence-electron chi connectivity index (χ4n) is 4.30. The van der Waals surface area contributed by atoms with E-state index in [1.54, 1.807) is 0 Å². The number of nitrogens with zero attached hydrogens (tertiary/aromatic N) is 3. The van der Waals surface area contributed by atoms with E-state index in [4.69, 9.17) is 4.98 Å². The summed E-state index contributed by atoms with van der Waals surface area (Å²) in [6, 6.07) is 3.92. The Balaban J connectivity index is 1.49. The first-order valence-corrected chi connectivity index (χ1v) is 10.2. The average Bonchev–Trinajstić information content (AvgIpc) is 3.53. The van der Waals surface area contributed by atoms with Crippen molar-refractivity contribution in [1.82, 2.24) is 14.8 Å². The van der Waals surface area contributed by atoms with Crippen LogP contribution in [0.25, 0.3) is 0 Å². The van der Waals surface area contributed by atoms with Gasteiger partial charge in [0.2, 0.25) is 5.91 Å². The molecular formula is C21H29N3O2. The zero-order chi connectivity index (χ0) is 18.1. The van der Waals surface area contributed by atoms with Gasteiger partial charge in [0.05, 0.1) is 11.3 Å². The molecule has 0 aromatic carbocycles. The van der Waals surface area contributed by atoms with E-state index in [9.17, 15) is 9.59 Å². The van der Waals surface area contributed by atoms with Crippen molar-refractivity contribution >= 4 is 11.8 Å². The largest absolute Gasteiger partial charge is 0.342 e. The first kappa shape index (κ1) is 17.5. The molecule has 0 N–H and O–H groups in total. The van der Waals surface area contributed by atoms with Crippen LogP contribution in [0, 0.1) is 12.8 Å². The van der Waals surface area contributed by atoms with Crippen LogP contribution in [0.3, 0.4) is 0 Å². The molecule has 3 heterocycles. The van der Waals surface area contributed by atoms with E-state index in [1.165, 1.54) is 6.42 Å². The first-order valence-electron chi connectivity index (χ1n) is 10.2. The van der Waals surface area contributed by atoms with Crippen molar-refractivity contribution in [2.24, 2.45) is 5.92 Å². The van der Waals surface area contributed by atoms with Gasteiger partial charge in [-0.2, -0.15) is 0 Å². The topological polar surface area (TPSA) is 53.5 Å². The smallest absolute Gasteiger partial charge is 0.255 e. The van der Waals surface area contributed by atoms with E-state index in [0.29, 0.717) is 11.8 Å². The second kappa shape index (κ2) is 7.37. The Morgan fingerprint density at radius 3 is 2.27 bits per heavy atom. The highest BCUT2D eigenvalue weighted by Gasteiger charge is 2.36. The van der Waals surface area contributed by atoms with Gasteiger partial charge in [-0.25, -0.2) is 0 Å². The van der Waals surface area contributed by atoms with Crippen molar-refractivity contribution in [3.05, 3.63) is 29.1 Å². The predicted octanol–water partition coefficient (Wildman–Crippen LogP) is 3.13. The van der Waals surface area contributed by atoms with E-state index in [-0.39, 0.29) is 11.8 Å². The number of amides is 2. The molecule has 3 fully saturated rings. The van der Waals surface area contributed by atoms with Crippen LogP contribution in [0.4, 0.5) is 0 Å². The van der Waals surface area contributed by atoms with Crippen LogP contribution in [-0.2, 0) is 4.79 Å².